The molecule has 0 aliphatic heterocycles. The van der Waals surface area contributed by atoms with Gasteiger partial charge >= 0.3 is 6.18 Å². The molecule has 0 radical (unpaired) electrons. The lowest BCUT2D eigenvalue weighted by atomic mass is 10.1. The molecule has 3 rings (SSSR count). The Labute approximate surface area is 147 Å². The predicted octanol–water partition coefficient (Wildman–Crippen LogP) is 3.66. The first-order valence-electron chi connectivity index (χ1n) is 7.50. The number of rotatable bonds is 4. The summed E-state index contributed by atoms with van der Waals surface area (Å²) in [4.78, 5) is 8.52. The summed E-state index contributed by atoms with van der Waals surface area (Å²) < 4.78 is 60.9. The van der Waals surface area contributed by atoms with Gasteiger partial charge in [0.15, 0.2) is 9.84 Å². The third-order valence-electron chi connectivity index (χ3n) is 3.71. The van der Waals surface area contributed by atoms with Gasteiger partial charge in [-0.05, 0) is 35.9 Å². The topological polar surface area (TPSA) is 72.0 Å². The monoisotopic (exact) mass is 381 g/mol. The van der Waals surface area contributed by atoms with Crippen molar-refractivity contribution in [3.63, 3.8) is 0 Å². The molecule has 1 N–H and O–H groups in total. The lowest BCUT2D eigenvalue weighted by molar-refractivity contribution is -0.137. The minimum atomic E-state index is -4.37. The second-order valence-corrected chi connectivity index (χ2v) is 7.75. The van der Waals surface area contributed by atoms with Crippen molar-refractivity contribution in [3.8, 4) is 0 Å². The Kier molecular flexibility index (Phi) is 4.57. The van der Waals surface area contributed by atoms with E-state index in [2.05, 4.69) is 15.3 Å². The summed E-state index contributed by atoms with van der Waals surface area (Å²) in [6.45, 7) is 0.232. The molecule has 0 fully saturated rings. The number of nitrogens with zero attached hydrogens (tertiary/aromatic N) is 2. The van der Waals surface area contributed by atoms with Crippen LogP contribution >= 0.6 is 0 Å². The Morgan fingerprint density at radius 3 is 2.38 bits per heavy atom. The van der Waals surface area contributed by atoms with Crippen LogP contribution < -0.4 is 5.32 Å². The lowest BCUT2D eigenvalue weighted by Gasteiger charge is -2.09. The van der Waals surface area contributed by atoms with Crippen molar-refractivity contribution in [2.24, 2.45) is 0 Å². The number of benzene rings is 2. The van der Waals surface area contributed by atoms with Crippen molar-refractivity contribution in [2.45, 2.75) is 17.6 Å². The van der Waals surface area contributed by atoms with E-state index in [4.69, 9.17) is 0 Å². The summed E-state index contributed by atoms with van der Waals surface area (Å²) in [5.41, 5.74) is 0.376. The molecule has 136 valence electrons. The minimum Gasteiger partial charge on any atom is -0.350 e. The zero-order valence-electron chi connectivity index (χ0n) is 13.6. The van der Waals surface area contributed by atoms with Gasteiger partial charge in [0.2, 0.25) is 5.95 Å². The molecule has 26 heavy (non-hydrogen) atoms. The van der Waals surface area contributed by atoms with Gasteiger partial charge < -0.3 is 5.32 Å². The second-order valence-electron chi connectivity index (χ2n) is 5.73. The molecule has 1 heterocycles. The average molecular weight is 381 g/mol. The minimum absolute atomic E-state index is 0.150. The molecular formula is C17H14F3N3O2S. The molecule has 0 spiro atoms. The van der Waals surface area contributed by atoms with Crippen LogP contribution in [0.1, 0.15) is 11.1 Å². The normalized spacial score (nSPS) is 12.3. The lowest BCUT2D eigenvalue weighted by Crippen LogP contribution is -2.06. The summed E-state index contributed by atoms with van der Waals surface area (Å²) in [7, 11) is -3.35. The first kappa shape index (κ1) is 18.1. The van der Waals surface area contributed by atoms with Gasteiger partial charge in [0.25, 0.3) is 0 Å². The molecule has 0 aliphatic carbocycles. The Morgan fingerprint density at radius 1 is 1.08 bits per heavy atom. The second kappa shape index (κ2) is 6.56. The van der Waals surface area contributed by atoms with E-state index in [0.717, 1.165) is 18.4 Å². The molecule has 1 aromatic heterocycles. The molecule has 0 saturated carbocycles. The Hall–Kier alpha value is -2.68. The molecule has 0 amide bonds. The molecule has 0 aliphatic rings. The zero-order valence-corrected chi connectivity index (χ0v) is 14.4. The van der Waals surface area contributed by atoms with Crippen molar-refractivity contribution in [2.75, 3.05) is 11.6 Å². The van der Waals surface area contributed by atoms with Crippen LogP contribution in [0.3, 0.4) is 0 Å². The summed E-state index contributed by atoms with van der Waals surface area (Å²) >= 11 is 0. The first-order valence-corrected chi connectivity index (χ1v) is 9.39. The maximum atomic E-state index is 12.6. The number of nitrogens with one attached hydrogen (secondary N) is 1. The van der Waals surface area contributed by atoms with E-state index in [9.17, 15) is 21.6 Å². The molecule has 0 bridgehead atoms. The van der Waals surface area contributed by atoms with Gasteiger partial charge in [0.05, 0.1) is 16.0 Å². The molecule has 0 saturated heterocycles. The molecule has 5 nitrogen and oxygen atoms in total. The van der Waals surface area contributed by atoms with E-state index in [0.29, 0.717) is 16.5 Å². The van der Waals surface area contributed by atoms with Crippen LogP contribution in [-0.2, 0) is 22.6 Å². The smallest absolute Gasteiger partial charge is 0.350 e. The number of sulfone groups is 1. The molecule has 0 unspecified atom stereocenters. The van der Waals surface area contributed by atoms with E-state index in [-0.39, 0.29) is 17.4 Å². The Morgan fingerprint density at radius 2 is 1.77 bits per heavy atom. The molecular weight excluding hydrogens is 367 g/mol. The van der Waals surface area contributed by atoms with Crippen LogP contribution in [0.2, 0.25) is 0 Å². The largest absolute Gasteiger partial charge is 0.416 e. The van der Waals surface area contributed by atoms with Gasteiger partial charge in [-0.2, -0.15) is 13.2 Å². The fraction of sp³-hybridized carbons (Fsp3) is 0.176. The van der Waals surface area contributed by atoms with Gasteiger partial charge in [-0.3, -0.25) is 0 Å². The van der Waals surface area contributed by atoms with Gasteiger partial charge in [0.1, 0.15) is 0 Å². The Bertz CT molecular complexity index is 1050. The summed E-state index contributed by atoms with van der Waals surface area (Å²) in [6.07, 6.45) is -1.71. The Balaban J connectivity index is 1.78. The molecule has 9 heteroatoms. The fourth-order valence-electron chi connectivity index (χ4n) is 2.31. The standard InChI is InChI=1S/C17H14F3N3O2S/c1-26(24,25)14-7-4-12-10-22-16(23-15(12)8-14)21-9-11-2-5-13(6-3-11)17(18,19)20/h2-8,10H,9H2,1H3,(H,21,22,23). The first-order chi connectivity index (χ1) is 12.1. The molecule has 0 atom stereocenters. The summed E-state index contributed by atoms with van der Waals surface area (Å²) in [5, 5.41) is 3.59. The number of aromatic nitrogens is 2. The highest BCUT2D eigenvalue weighted by Gasteiger charge is 2.29. The van der Waals surface area contributed by atoms with E-state index >= 15 is 0 Å². The highest BCUT2D eigenvalue weighted by atomic mass is 32.2. The van der Waals surface area contributed by atoms with Crippen LogP contribution in [0.15, 0.2) is 53.6 Å². The van der Waals surface area contributed by atoms with Crippen LogP contribution in [0, 0.1) is 0 Å². The fourth-order valence-corrected chi connectivity index (χ4v) is 2.95. The van der Waals surface area contributed by atoms with Gasteiger partial charge in [-0.1, -0.05) is 12.1 Å². The van der Waals surface area contributed by atoms with Gasteiger partial charge in [0, 0.05) is 24.4 Å². The number of fused-ring (bicyclic) bond motifs is 1. The van der Waals surface area contributed by atoms with Gasteiger partial charge in [-0.15, -0.1) is 0 Å². The maximum absolute atomic E-state index is 12.6. The quantitative estimate of drug-likeness (QED) is 0.747. The number of anilines is 1. The zero-order chi connectivity index (χ0) is 18.9. The van der Waals surface area contributed by atoms with Crippen LogP contribution in [-0.4, -0.2) is 24.6 Å². The number of hydrogen-bond acceptors (Lipinski definition) is 5. The molecule has 2 aromatic carbocycles. The number of alkyl halides is 3. The van der Waals surface area contributed by atoms with Crippen LogP contribution in [0.25, 0.3) is 10.9 Å². The van der Waals surface area contributed by atoms with E-state index < -0.39 is 21.6 Å². The number of halogens is 3. The van der Waals surface area contributed by atoms with E-state index in [1.165, 1.54) is 24.3 Å². The van der Waals surface area contributed by atoms with Crippen molar-refractivity contribution in [3.05, 3.63) is 59.8 Å². The van der Waals surface area contributed by atoms with Crippen LogP contribution in [0.4, 0.5) is 19.1 Å². The van der Waals surface area contributed by atoms with Crippen LogP contribution in [0.5, 0.6) is 0 Å². The summed E-state index contributed by atoms with van der Waals surface area (Å²) in [5.74, 6) is 0.253. The van der Waals surface area contributed by atoms with E-state index in [1.54, 1.807) is 12.3 Å². The highest BCUT2D eigenvalue weighted by molar-refractivity contribution is 7.90. The van der Waals surface area contributed by atoms with Crippen molar-refractivity contribution in [1.82, 2.24) is 9.97 Å². The van der Waals surface area contributed by atoms with E-state index in [1.807, 2.05) is 0 Å². The van der Waals surface area contributed by atoms with Crippen molar-refractivity contribution < 1.29 is 21.6 Å². The SMILES string of the molecule is CS(=O)(=O)c1ccc2cnc(NCc3ccc(C(F)(F)F)cc3)nc2c1. The van der Waals surface area contributed by atoms with Gasteiger partial charge in [-0.25, -0.2) is 18.4 Å². The third kappa shape index (κ3) is 4.10. The van der Waals surface area contributed by atoms with Crippen molar-refractivity contribution >= 4 is 26.7 Å². The molecule has 3 aromatic rings. The third-order valence-corrected chi connectivity index (χ3v) is 4.82. The highest BCUT2D eigenvalue weighted by Crippen LogP contribution is 2.29. The predicted molar refractivity (Wildman–Crippen MR) is 91.4 cm³/mol. The maximum Gasteiger partial charge on any atom is 0.416 e. The summed E-state index contributed by atoms with van der Waals surface area (Å²) in [6, 6.07) is 9.32. The average Bonchev–Trinajstić information content (AvgIpc) is 2.58. The number of hydrogen-bond donors (Lipinski definition) is 1. The van der Waals surface area contributed by atoms with Crippen molar-refractivity contribution in [1.29, 1.82) is 0 Å².